The summed E-state index contributed by atoms with van der Waals surface area (Å²) in [4.78, 5) is 23.2. The van der Waals surface area contributed by atoms with Crippen LogP contribution < -0.4 is 0 Å². The molecule has 0 unspecified atom stereocenters. The van der Waals surface area contributed by atoms with E-state index in [2.05, 4.69) is 15.2 Å². The maximum Gasteiger partial charge on any atom is 0.436 e. The van der Waals surface area contributed by atoms with Crippen LogP contribution in [0.15, 0.2) is 16.9 Å². The Hall–Kier alpha value is -2.63. The molecule has 2 aromatic heterocycles. The van der Waals surface area contributed by atoms with Crippen LogP contribution in [0.3, 0.4) is 0 Å². The molecule has 7 rings (SSSR count). The molecule has 0 radical (unpaired) electrons. The molecule has 3 saturated heterocycles. The van der Waals surface area contributed by atoms with Gasteiger partial charge in [0.15, 0.2) is 17.3 Å². The quantitative estimate of drug-likeness (QED) is 0.674. The zero-order valence-electron chi connectivity index (χ0n) is 18.7. The third kappa shape index (κ3) is 3.32. The van der Waals surface area contributed by atoms with Gasteiger partial charge in [-0.25, -0.2) is 14.5 Å². The van der Waals surface area contributed by atoms with E-state index < -0.39 is 11.9 Å². The lowest BCUT2D eigenvalue weighted by Crippen LogP contribution is -2.75. The highest BCUT2D eigenvalue weighted by Gasteiger charge is 2.58. The van der Waals surface area contributed by atoms with Crippen LogP contribution in [0.5, 0.6) is 0 Å². The number of aromatic nitrogens is 4. The Bertz CT molecular complexity index is 1110. The average Bonchev–Trinajstić information content (AvgIpc) is 3.19. The first kappa shape index (κ1) is 20.7. The molecule has 2 spiro atoms. The van der Waals surface area contributed by atoms with Crippen LogP contribution in [0.1, 0.15) is 54.9 Å². The highest BCUT2D eigenvalue weighted by molar-refractivity contribution is 5.77. The Balaban J connectivity index is 0.844. The molecule has 5 aliphatic rings. The minimum Gasteiger partial charge on any atom is -0.359 e. The van der Waals surface area contributed by atoms with Crippen LogP contribution in [0.25, 0.3) is 0 Å². The van der Waals surface area contributed by atoms with Gasteiger partial charge < -0.3 is 14.3 Å². The number of hydrogen-bond acceptors (Lipinski definition) is 6. The Kier molecular flexibility index (Phi) is 4.10. The number of halogens is 3. The zero-order valence-corrected chi connectivity index (χ0v) is 18.7. The molecular formula is C22H26F3N7O2. The summed E-state index contributed by atoms with van der Waals surface area (Å²) in [5, 5.41) is 7.76. The second kappa shape index (κ2) is 6.73. The molecular weight excluding hydrogens is 451 g/mol. The maximum absolute atomic E-state index is 12.9. The second-order valence-electron chi connectivity index (χ2n) is 11.2. The molecule has 0 bridgehead atoms. The van der Waals surface area contributed by atoms with E-state index in [1.165, 1.54) is 12.8 Å². The molecule has 9 nitrogen and oxygen atoms in total. The summed E-state index contributed by atoms with van der Waals surface area (Å²) in [6.07, 6.45) is 1.90. The Labute approximate surface area is 193 Å². The van der Waals surface area contributed by atoms with E-state index in [0.717, 1.165) is 50.9 Å². The van der Waals surface area contributed by atoms with E-state index in [-0.39, 0.29) is 22.6 Å². The van der Waals surface area contributed by atoms with Gasteiger partial charge in [-0.15, -0.1) is 0 Å². The van der Waals surface area contributed by atoms with Crippen LogP contribution >= 0.6 is 0 Å². The molecule has 5 fully saturated rings. The van der Waals surface area contributed by atoms with Crippen molar-refractivity contribution in [1.29, 1.82) is 0 Å². The number of hydrogen-bond donors (Lipinski definition) is 0. The summed E-state index contributed by atoms with van der Waals surface area (Å²) < 4.78 is 44.8. The molecule has 182 valence electrons. The minimum absolute atomic E-state index is 0.0685. The van der Waals surface area contributed by atoms with E-state index in [9.17, 15) is 18.0 Å². The Morgan fingerprint density at radius 1 is 1.06 bits per heavy atom. The molecule has 2 aromatic rings. The van der Waals surface area contributed by atoms with Gasteiger partial charge in [-0.2, -0.15) is 18.3 Å². The van der Waals surface area contributed by atoms with E-state index in [4.69, 9.17) is 4.52 Å². The highest BCUT2D eigenvalue weighted by Crippen LogP contribution is 2.54. The molecule has 2 saturated carbocycles. The van der Waals surface area contributed by atoms with Crippen LogP contribution in [0.4, 0.5) is 18.0 Å². The normalized spacial score (nSPS) is 25.7. The molecule has 2 amide bonds. The number of urea groups is 1. The van der Waals surface area contributed by atoms with Crippen molar-refractivity contribution in [3.05, 3.63) is 29.7 Å². The van der Waals surface area contributed by atoms with Gasteiger partial charge in [0.1, 0.15) is 6.33 Å². The summed E-state index contributed by atoms with van der Waals surface area (Å²) in [6.45, 7) is 4.87. The third-order valence-electron chi connectivity index (χ3n) is 8.17. The van der Waals surface area contributed by atoms with Gasteiger partial charge in [0.05, 0.1) is 12.6 Å². The largest absolute Gasteiger partial charge is 0.436 e. The fourth-order valence-corrected chi connectivity index (χ4v) is 6.33. The van der Waals surface area contributed by atoms with Crippen molar-refractivity contribution >= 4 is 6.03 Å². The summed E-state index contributed by atoms with van der Waals surface area (Å²) in [5.74, 6) is 1.77. The molecule has 34 heavy (non-hydrogen) atoms. The van der Waals surface area contributed by atoms with Gasteiger partial charge in [0.2, 0.25) is 0 Å². The number of carbonyl (C=O) groups excluding carboxylic acids is 1. The fraction of sp³-hybridized carbons (Fsp3) is 0.727. The lowest BCUT2D eigenvalue weighted by Gasteiger charge is -2.63. The number of amides is 2. The lowest BCUT2D eigenvalue weighted by molar-refractivity contribution is -0.142. The van der Waals surface area contributed by atoms with Crippen molar-refractivity contribution in [2.75, 3.05) is 39.3 Å². The average molecular weight is 477 g/mol. The first-order valence-corrected chi connectivity index (χ1v) is 11.9. The van der Waals surface area contributed by atoms with Crippen molar-refractivity contribution in [2.24, 2.45) is 10.8 Å². The maximum atomic E-state index is 12.9. The van der Waals surface area contributed by atoms with Gasteiger partial charge in [-0.1, -0.05) is 5.16 Å². The van der Waals surface area contributed by atoms with Crippen LogP contribution in [-0.4, -0.2) is 79.9 Å². The zero-order chi connectivity index (χ0) is 23.3. The molecule has 0 N–H and O–H groups in total. The molecule has 0 aromatic carbocycles. The van der Waals surface area contributed by atoms with Crippen molar-refractivity contribution in [3.8, 4) is 0 Å². The number of likely N-dealkylation sites (tertiary alicyclic amines) is 3. The Morgan fingerprint density at radius 2 is 1.74 bits per heavy atom. The van der Waals surface area contributed by atoms with Gasteiger partial charge in [0.25, 0.3) is 0 Å². The van der Waals surface area contributed by atoms with E-state index in [1.54, 1.807) is 0 Å². The third-order valence-corrected chi connectivity index (χ3v) is 8.17. The summed E-state index contributed by atoms with van der Waals surface area (Å²) >= 11 is 0. The van der Waals surface area contributed by atoms with Gasteiger partial charge in [-0.05, 0) is 25.7 Å². The summed E-state index contributed by atoms with van der Waals surface area (Å²) in [7, 11) is 0. The predicted octanol–water partition coefficient (Wildman–Crippen LogP) is 2.74. The van der Waals surface area contributed by atoms with Crippen LogP contribution in [0.2, 0.25) is 0 Å². The number of nitrogens with zero attached hydrogens (tertiary/aromatic N) is 7. The van der Waals surface area contributed by atoms with Crippen LogP contribution in [0, 0.1) is 10.8 Å². The van der Waals surface area contributed by atoms with Crippen molar-refractivity contribution in [2.45, 2.75) is 50.4 Å². The summed E-state index contributed by atoms with van der Waals surface area (Å²) in [6, 6.07) is 1.48. The number of rotatable bonds is 4. The van der Waals surface area contributed by atoms with Crippen LogP contribution in [-0.2, 0) is 12.7 Å². The monoisotopic (exact) mass is 477 g/mol. The molecule has 12 heteroatoms. The predicted molar refractivity (Wildman–Crippen MR) is 110 cm³/mol. The Morgan fingerprint density at radius 3 is 2.35 bits per heavy atom. The standard InChI is InChI=1S/C22H26F3N7O2/c23-22(24,25)17-3-16(34-28-17)6-29-7-21(8-29)11-31(12-21)19(33)30-9-20(10-30)4-15(5-20)32-13-26-18(27-32)14-1-2-14/h3,13-15H,1-2,4-12H2. The minimum atomic E-state index is -4.49. The molecule has 5 heterocycles. The SMILES string of the molecule is O=C(N1CC2(CC(n3cnc(C4CC4)n3)C2)C1)N1CC2(CN(Cc3cc(C(F)(F)F)no3)C2)C1. The molecule has 3 aliphatic heterocycles. The first-order valence-electron chi connectivity index (χ1n) is 11.9. The number of alkyl halides is 3. The second-order valence-corrected chi connectivity index (χ2v) is 11.2. The van der Waals surface area contributed by atoms with Crippen molar-refractivity contribution in [3.63, 3.8) is 0 Å². The lowest BCUT2D eigenvalue weighted by atomic mass is 9.60. The summed E-state index contributed by atoms with van der Waals surface area (Å²) in [5.41, 5.74) is -0.680. The van der Waals surface area contributed by atoms with Gasteiger partial charge >= 0.3 is 12.2 Å². The molecule has 2 aliphatic carbocycles. The van der Waals surface area contributed by atoms with Crippen molar-refractivity contribution in [1.82, 2.24) is 34.6 Å². The number of carbonyl (C=O) groups is 1. The fourth-order valence-electron chi connectivity index (χ4n) is 6.33. The molecule has 0 atom stereocenters. The topological polar surface area (TPSA) is 83.5 Å². The smallest absolute Gasteiger partial charge is 0.359 e. The van der Waals surface area contributed by atoms with Gasteiger partial charge in [-0.3, -0.25) is 4.90 Å². The van der Waals surface area contributed by atoms with E-state index in [1.807, 2.05) is 25.7 Å². The van der Waals surface area contributed by atoms with Gasteiger partial charge in [0, 0.05) is 62.1 Å². The van der Waals surface area contributed by atoms with E-state index in [0.29, 0.717) is 31.6 Å². The van der Waals surface area contributed by atoms with E-state index >= 15 is 0 Å². The first-order chi connectivity index (χ1) is 16.2. The highest BCUT2D eigenvalue weighted by atomic mass is 19.4. The van der Waals surface area contributed by atoms with Crippen molar-refractivity contribution < 1.29 is 22.5 Å².